The Hall–Kier alpha value is -2.80. The summed E-state index contributed by atoms with van der Waals surface area (Å²) in [5, 5.41) is 12.1. The number of aromatic nitrogens is 1. The standard InChI is InChI=1S/C18H18F3N3O5S2/c1-4-31(28,29)15-7-11(24(3)10(2)25)9-22-16(15)17(27)23-13-8-12(5-6-14(13)26)30-18(19,20)21/h5-9,26H,4H2,1-3H3,(H,23,27). The minimum atomic E-state index is -4.58. The molecule has 31 heavy (non-hydrogen) atoms. The molecular weight excluding hydrogens is 459 g/mol. The number of phenols is 1. The van der Waals surface area contributed by atoms with Gasteiger partial charge in [-0.25, -0.2) is 13.4 Å². The van der Waals surface area contributed by atoms with Crippen molar-refractivity contribution in [2.45, 2.75) is 29.1 Å². The van der Waals surface area contributed by atoms with E-state index in [4.69, 9.17) is 0 Å². The molecule has 1 aromatic heterocycles. The number of alkyl halides is 3. The van der Waals surface area contributed by atoms with E-state index in [-0.39, 0.29) is 22.0 Å². The van der Waals surface area contributed by atoms with E-state index in [2.05, 4.69) is 10.3 Å². The molecule has 2 N–H and O–H groups in total. The molecule has 0 fully saturated rings. The predicted octanol–water partition coefficient (Wildman–Crippen LogP) is 3.43. The first-order valence-electron chi connectivity index (χ1n) is 8.62. The van der Waals surface area contributed by atoms with Gasteiger partial charge in [-0.05, 0) is 36.0 Å². The molecule has 1 aromatic carbocycles. The van der Waals surface area contributed by atoms with Crippen molar-refractivity contribution in [3.8, 4) is 5.75 Å². The second-order valence-electron chi connectivity index (χ2n) is 6.20. The molecule has 0 bridgehead atoms. The van der Waals surface area contributed by atoms with Gasteiger partial charge in [0.05, 0.1) is 23.3 Å². The van der Waals surface area contributed by atoms with E-state index in [9.17, 15) is 36.3 Å². The average Bonchev–Trinajstić information content (AvgIpc) is 2.68. The second-order valence-corrected chi connectivity index (χ2v) is 9.59. The Morgan fingerprint density at radius 1 is 1.26 bits per heavy atom. The van der Waals surface area contributed by atoms with Crippen LogP contribution in [0, 0.1) is 0 Å². The first-order chi connectivity index (χ1) is 14.2. The van der Waals surface area contributed by atoms with Crippen molar-refractivity contribution in [2.24, 2.45) is 0 Å². The van der Waals surface area contributed by atoms with Crippen molar-refractivity contribution >= 4 is 44.8 Å². The number of amides is 2. The molecule has 2 aromatic rings. The van der Waals surface area contributed by atoms with E-state index >= 15 is 0 Å². The van der Waals surface area contributed by atoms with E-state index in [0.29, 0.717) is 0 Å². The Morgan fingerprint density at radius 3 is 2.45 bits per heavy atom. The first kappa shape index (κ1) is 24.5. The van der Waals surface area contributed by atoms with Crippen molar-refractivity contribution in [3.63, 3.8) is 0 Å². The van der Waals surface area contributed by atoms with Crippen LogP contribution in [-0.2, 0) is 14.6 Å². The van der Waals surface area contributed by atoms with Crippen molar-refractivity contribution in [3.05, 3.63) is 36.2 Å². The van der Waals surface area contributed by atoms with Crippen LogP contribution in [0.2, 0.25) is 0 Å². The molecule has 2 rings (SSSR count). The van der Waals surface area contributed by atoms with Crippen LogP contribution in [0.5, 0.6) is 5.75 Å². The van der Waals surface area contributed by atoms with Gasteiger partial charge in [-0.3, -0.25) is 9.59 Å². The Kier molecular flexibility index (Phi) is 7.21. The summed E-state index contributed by atoms with van der Waals surface area (Å²) >= 11 is -0.446. The van der Waals surface area contributed by atoms with Crippen LogP contribution >= 0.6 is 11.8 Å². The summed E-state index contributed by atoms with van der Waals surface area (Å²) in [6.07, 6.45) is 1.11. The molecule has 0 saturated carbocycles. The Bertz CT molecular complexity index is 1120. The van der Waals surface area contributed by atoms with Crippen LogP contribution in [0.15, 0.2) is 40.3 Å². The van der Waals surface area contributed by atoms with Gasteiger partial charge in [0, 0.05) is 18.9 Å². The third kappa shape index (κ3) is 6.10. The third-order valence-corrected chi connectivity index (χ3v) is 6.54. The molecular formula is C18H18F3N3O5S2. The number of carbonyl (C=O) groups is 2. The zero-order valence-corrected chi connectivity index (χ0v) is 18.2. The van der Waals surface area contributed by atoms with Gasteiger partial charge in [-0.2, -0.15) is 13.2 Å². The number of aromatic hydroxyl groups is 1. The lowest BCUT2D eigenvalue weighted by Crippen LogP contribution is -2.25. The molecule has 0 aliphatic heterocycles. The van der Waals surface area contributed by atoms with Crippen LogP contribution in [0.25, 0.3) is 0 Å². The van der Waals surface area contributed by atoms with Crippen molar-refractivity contribution in [1.82, 2.24) is 4.98 Å². The van der Waals surface area contributed by atoms with Crippen LogP contribution in [-0.4, -0.2) is 48.6 Å². The molecule has 0 unspecified atom stereocenters. The van der Waals surface area contributed by atoms with E-state index in [1.54, 1.807) is 0 Å². The quantitative estimate of drug-likeness (QED) is 0.484. The highest BCUT2D eigenvalue weighted by molar-refractivity contribution is 8.00. The lowest BCUT2D eigenvalue weighted by molar-refractivity contribution is -0.116. The van der Waals surface area contributed by atoms with Crippen LogP contribution in [0.4, 0.5) is 24.5 Å². The summed E-state index contributed by atoms with van der Waals surface area (Å²) in [7, 11) is -2.57. The van der Waals surface area contributed by atoms with Crippen molar-refractivity contribution < 1.29 is 36.3 Å². The molecule has 0 aliphatic rings. The van der Waals surface area contributed by atoms with E-state index in [0.717, 1.165) is 35.4 Å². The fraction of sp³-hybridized carbons (Fsp3) is 0.278. The smallest absolute Gasteiger partial charge is 0.446 e. The number of anilines is 2. The molecule has 0 radical (unpaired) electrons. The highest BCUT2D eigenvalue weighted by atomic mass is 32.2. The predicted molar refractivity (Wildman–Crippen MR) is 109 cm³/mol. The number of thioether (sulfide) groups is 1. The summed E-state index contributed by atoms with van der Waals surface area (Å²) in [4.78, 5) is 28.5. The van der Waals surface area contributed by atoms with Gasteiger partial charge >= 0.3 is 5.51 Å². The molecule has 8 nitrogen and oxygen atoms in total. The molecule has 13 heteroatoms. The monoisotopic (exact) mass is 477 g/mol. The second kappa shape index (κ2) is 9.14. The SMILES string of the molecule is CCS(=O)(=O)c1cc(N(C)C(C)=O)cnc1C(=O)Nc1cc(SC(F)(F)F)ccc1O. The molecule has 0 aliphatic carbocycles. The lowest BCUT2D eigenvalue weighted by Gasteiger charge is -2.17. The summed E-state index contributed by atoms with van der Waals surface area (Å²) in [5.41, 5.74) is -5.34. The Labute approximate surface area is 180 Å². The van der Waals surface area contributed by atoms with Gasteiger partial charge in [-0.15, -0.1) is 0 Å². The van der Waals surface area contributed by atoms with Crippen LogP contribution < -0.4 is 10.2 Å². The minimum Gasteiger partial charge on any atom is -0.506 e. The van der Waals surface area contributed by atoms with Gasteiger partial charge in [0.15, 0.2) is 9.84 Å². The minimum absolute atomic E-state index is 0.127. The maximum atomic E-state index is 12.7. The maximum Gasteiger partial charge on any atom is 0.446 e. The van der Waals surface area contributed by atoms with Crippen LogP contribution in [0.3, 0.4) is 0 Å². The van der Waals surface area contributed by atoms with Crippen molar-refractivity contribution in [2.75, 3.05) is 23.0 Å². The topological polar surface area (TPSA) is 117 Å². The average molecular weight is 477 g/mol. The van der Waals surface area contributed by atoms with E-state index in [1.165, 1.54) is 20.9 Å². The van der Waals surface area contributed by atoms with Crippen LogP contribution in [0.1, 0.15) is 24.3 Å². The number of carbonyl (C=O) groups excluding carboxylic acids is 2. The van der Waals surface area contributed by atoms with Gasteiger partial charge in [-0.1, -0.05) is 6.92 Å². The zero-order valence-electron chi connectivity index (χ0n) is 16.5. The summed E-state index contributed by atoms with van der Waals surface area (Å²) < 4.78 is 62.8. The maximum absolute atomic E-state index is 12.7. The number of halogens is 3. The third-order valence-electron chi connectivity index (χ3n) is 4.08. The highest BCUT2D eigenvalue weighted by Crippen LogP contribution is 2.39. The molecule has 2 amide bonds. The molecule has 0 spiro atoms. The van der Waals surface area contributed by atoms with E-state index in [1.807, 2.05) is 0 Å². The number of nitrogens with zero attached hydrogens (tertiary/aromatic N) is 2. The van der Waals surface area contributed by atoms with Gasteiger partial charge < -0.3 is 15.3 Å². The number of pyridine rings is 1. The summed E-state index contributed by atoms with van der Waals surface area (Å²) in [5.74, 6) is -2.35. The lowest BCUT2D eigenvalue weighted by atomic mass is 10.2. The van der Waals surface area contributed by atoms with Gasteiger partial charge in [0.25, 0.3) is 5.91 Å². The summed E-state index contributed by atoms with van der Waals surface area (Å²) in [6, 6.07) is 3.99. The van der Waals surface area contributed by atoms with Gasteiger partial charge in [0.1, 0.15) is 16.3 Å². The number of hydrogen-bond donors (Lipinski definition) is 2. The molecule has 0 atom stereocenters. The normalized spacial score (nSPS) is 11.8. The molecule has 0 saturated heterocycles. The number of phenolic OH excluding ortho intramolecular Hbond substituents is 1. The summed E-state index contributed by atoms with van der Waals surface area (Å²) in [6.45, 7) is 2.60. The number of nitrogens with one attached hydrogen (secondary N) is 1. The fourth-order valence-electron chi connectivity index (χ4n) is 2.36. The van der Waals surface area contributed by atoms with E-state index < -0.39 is 55.3 Å². The largest absolute Gasteiger partial charge is 0.506 e. The Morgan fingerprint density at radius 2 is 1.90 bits per heavy atom. The number of sulfone groups is 1. The fourth-order valence-corrected chi connectivity index (χ4v) is 3.99. The molecule has 168 valence electrons. The number of benzene rings is 1. The number of hydrogen-bond acceptors (Lipinski definition) is 7. The highest BCUT2D eigenvalue weighted by Gasteiger charge is 2.30. The number of rotatable bonds is 6. The van der Waals surface area contributed by atoms with Crippen molar-refractivity contribution in [1.29, 1.82) is 0 Å². The molecule has 1 heterocycles. The van der Waals surface area contributed by atoms with Gasteiger partial charge in [0.2, 0.25) is 5.91 Å². The first-order valence-corrected chi connectivity index (χ1v) is 11.1. The Balaban J connectivity index is 2.48. The zero-order chi connectivity index (χ0) is 23.6.